The van der Waals surface area contributed by atoms with Crippen molar-refractivity contribution in [3.63, 3.8) is 0 Å². The van der Waals surface area contributed by atoms with E-state index in [0.29, 0.717) is 6.42 Å². The number of benzene rings is 2. The van der Waals surface area contributed by atoms with Crippen molar-refractivity contribution in [3.05, 3.63) is 70.3 Å². The molecule has 1 aliphatic rings. The van der Waals surface area contributed by atoms with Crippen molar-refractivity contribution in [1.82, 2.24) is 0 Å². The summed E-state index contributed by atoms with van der Waals surface area (Å²) in [6.45, 7) is 1.92. The van der Waals surface area contributed by atoms with Crippen LogP contribution in [0.25, 0.3) is 0 Å². The highest BCUT2D eigenvalue weighted by Gasteiger charge is 2.53. The Hall–Kier alpha value is -2.71. The molecule has 0 radical (unpaired) electrons. The predicted molar refractivity (Wildman–Crippen MR) is 105 cm³/mol. The Morgan fingerprint density at radius 3 is 2.41 bits per heavy atom. The van der Waals surface area contributed by atoms with Crippen LogP contribution in [0.4, 0.5) is 0 Å². The maximum atomic E-state index is 11.1. The minimum atomic E-state index is -2.25. The number of ether oxygens (including phenoxy) is 1. The van der Waals surface area contributed by atoms with Gasteiger partial charge in [-0.05, 0) is 48.2 Å². The monoisotopic (exact) mass is 393 g/mol. The second kappa shape index (κ2) is 8.34. The molecule has 0 saturated carbocycles. The average Bonchev–Trinajstić information content (AvgIpc) is 2.72. The molecule has 0 aromatic heterocycles. The maximum absolute atomic E-state index is 11.1. The van der Waals surface area contributed by atoms with Crippen molar-refractivity contribution < 1.29 is 25.2 Å². The van der Waals surface area contributed by atoms with Crippen molar-refractivity contribution >= 4 is 0 Å². The van der Waals surface area contributed by atoms with E-state index >= 15 is 0 Å². The molecule has 5 atom stereocenters. The highest BCUT2D eigenvalue weighted by Crippen LogP contribution is 2.38. The molecular weight excluding hydrogens is 370 g/mol. The van der Waals surface area contributed by atoms with E-state index in [0.717, 1.165) is 22.3 Å². The number of aliphatic hydroxyl groups is 4. The van der Waals surface area contributed by atoms with E-state index in [-0.39, 0.29) is 12.0 Å². The minimum absolute atomic E-state index is 0.236. The lowest BCUT2D eigenvalue weighted by molar-refractivity contribution is -0.353. The number of terminal acetylenes is 1. The molecule has 2 aromatic rings. The zero-order valence-electron chi connectivity index (χ0n) is 16.0. The van der Waals surface area contributed by atoms with Crippen LogP contribution in [0.1, 0.15) is 34.2 Å². The van der Waals surface area contributed by atoms with Crippen LogP contribution in [0.5, 0.6) is 0 Å². The van der Waals surface area contributed by atoms with Crippen LogP contribution in [0, 0.1) is 30.6 Å². The normalized spacial score (nSPS) is 29.1. The third-order valence-electron chi connectivity index (χ3n) is 5.36. The van der Waals surface area contributed by atoms with Gasteiger partial charge in [0.05, 0.1) is 12.5 Å². The Morgan fingerprint density at radius 1 is 1.10 bits per heavy atom. The first-order valence-corrected chi connectivity index (χ1v) is 9.27. The van der Waals surface area contributed by atoms with Gasteiger partial charge in [0.15, 0.2) is 0 Å². The Morgan fingerprint density at radius 2 is 1.79 bits per heavy atom. The standard InChI is InChI=1S/C23H23NO5/c1-3-15-5-7-16(8-6-15)12-17-13-18(9-4-14(17)2)23(28)22(27)21(26)20(25)19(29-23)10-11-24/h1,4-9,13,19-22,25-28H,10,12H2,2H3/t19-,20-,21+,22-,23-/m1/s1. The summed E-state index contributed by atoms with van der Waals surface area (Å²) in [7, 11) is 0. The third-order valence-corrected chi connectivity index (χ3v) is 5.36. The first kappa shape index (κ1) is 21.0. The molecular formula is C23H23NO5. The van der Waals surface area contributed by atoms with Gasteiger partial charge in [-0.25, -0.2) is 0 Å². The fraction of sp³-hybridized carbons (Fsp3) is 0.348. The number of aryl methyl sites for hydroxylation is 1. The molecule has 2 aromatic carbocycles. The molecule has 4 N–H and O–H groups in total. The molecule has 1 heterocycles. The third kappa shape index (κ3) is 4.04. The lowest BCUT2D eigenvalue weighted by Gasteiger charge is -2.45. The zero-order chi connectivity index (χ0) is 21.2. The molecule has 1 fully saturated rings. The van der Waals surface area contributed by atoms with E-state index in [9.17, 15) is 20.4 Å². The lowest BCUT2D eigenvalue weighted by Crippen LogP contribution is -2.62. The van der Waals surface area contributed by atoms with Crippen LogP contribution in [-0.2, 0) is 16.9 Å². The van der Waals surface area contributed by atoms with Crippen LogP contribution < -0.4 is 0 Å². The van der Waals surface area contributed by atoms with Gasteiger partial charge >= 0.3 is 0 Å². The van der Waals surface area contributed by atoms with Crippen LogP contribution in [0.3, 0.4) is 0 Å². The summed E-state index contributed by atoms with van der Waals surface area (Å²) in [4.78, 5) is 0. The molecule has 0 spiro atoms. The molecule has 6 nitrogen and oxygen atoms in total. The number of hydrogen-bond acceptors (Lipinski definition) is 6. The van der Waals surface area contributed by atoms with Gasteiger partial charge in [0.25, 0.3) is 0 Å². The molecule has 29 heavy (non-hydrogen) atoms. The van der Waals surface area contributed by atoms with E-state index in [2.05, 4.69) is 5.92 Å². The van der Waals surface area contributed by atoms with E-state index in [4.69, 9.17) is 16.4 Å². The Bertz CT molecular complexity index is 959. The molecule has 3 rings (SSSR count). The van der Waals surface area contributed by atoms with E-state index in [1.807, 2.05) is 37.3 Å². The van der Waals surface area contributed by atoms with Gasteiger partial charge in [-0.15, -0.1) is 6.42 Å². The molecule has 6 heteroatoms. The number of aliphatic hydroxyl groups excluding tert-OH is 3. The highest BCUT2D eigenvalue weighted by molar-refractivity contribution is 5.40. The molecule has 0 bridgehead atoms. The molecule has 150 valence electrons. The number of nitriles is 1. The van der Waals surface area contributed by atoms with Gasteiger partial charge in [-0.3, -0.25) is 0 Å². The molecule has 0 amide bonds. The fourth-order valence-electron chi connectivity index (χ4n) is 3.52. The zero-order valence-corrected chi connectivity index (χ0v) is 16.0. The van der Waals surface area contributed by atoms with Crippen LogP contribution >= 0.6 is 0 Å². The maximum Gasteiger partial charge on any atom is 0.222 e. The molecule has 0 aliphatic carbocycles. The fourth-order valence-corrected chi connectivity index (χ4v) is 3.52. The smallest absolute Gasteiger partial charge is 0.222 e. The van der Waals surface area contributed by atoms with Crippen molar-refractivity contribution in [2.24, 2.45) is 0 Å². The van der Waals surface area contributed by atoms with Crippen molar-refractivity contribution in [3.8, 4) is 18.4 Å². The number of rotatable bonds is 4. The second-order valence-electron chi connectivity index (χ2n) is 7.30. The topological polar surface area (TPSA) is 114 Å². The summed E-state index contributed by atoms with van der Waals surface area (Å²) in [5.74, 6) is 0.315. The average molecular weight is 393 g/mol. The van der Waals surface area contributed by atoms with Gasteiger partial charge in [-0.2, -0.15) is 5.26 Å². The Kier molecular flexibility index (Phi) is 6.04. The van der Waals surface area contributed by atoms with Gasteiger partial charge in [0, 0.05) is 11.1 Å². The lowest BCUT2D eigenvalue weighted by atomic mass is 9.85. The van der Waals surface area contributed by atoms with Crippen molar-refractivity contribution in [2.45, 2.75) is 50.0 Å². The first-order chi connectivity index (χ1) is 13.8. The SMILES string of the molecule is C#Cc1ccc(Cc2cc([C@@]3(O)O[C@H](CC#N)[C@@H](O)[C@H](O)[C@H]3O)ccc2C)cc1. The van der Waals surface area contributed by atoms with Gasteiger partial charge in [0.1, 0.15) is 24.4 Å². The van der Waals surface area contributed by atoms with E-state index < -0.39 is 30.2 Å². The summed E-state index contributed by atoms with van der Waals surface area (Å²) < 4.78 is 5.52. The van der Waals surface area contributed by atoms with Gasteiger partial charge in [0.2, 0.25) is 5.79 Å². The van der Waals surface area contributed by atoms with Gasteiger partial charge in [-0.1, -0.05) is 30.2 Å². The first-order valence-electron chi connectivity index (χ1n) is 9.27. The largest absolute Gasteiger partial charge is 0.388 e. The van der Waals surface area contributed by atoms with Crippen LogP contribution in [-0.4, -0.2) is 44.8 Å². The number of hydrogen-bond donors (Lipinski definition) is 4. The van der Waals surface area contributed by atoms with Crippen molar-refractivity contribution in [2.75, 3.05) is 0 Å². The minimum Gasteiger partial charge on any atom is -0.388 e. The molecule has 1 aliphatic heterocycles. The highest BCUT2D eigenvalue weighted by atomic mass is 16.7. The summed E-state index contributed by atoms with van der Waals surface area (Å²) in [5, 5.41) is 50.7. The molecule has 0 unspecified atom stereocenters. The summed E-state index contributed by atoms with van der Waals surface area (Å²) in [6.07, 6.45) is -0.352. The summed E-state index contributed by atoms with van der Waals surface area (Å²) >= 11 is 0. The van der Waals surface area contributed by atoms with E-state index in [1.165, 1.54) is 0 Å². The Balaban J connectivity index is 1.94. The second-order valence-corrected chi connectivity index (χ2v) is 7.30. The summed E-state index contributed by atoms with van der Waals surface area (Å²) in [5.41, 5.74) is 3.89. The van der Waals surface area contributed by atoms with E-state index in [1.54, 1.807) is 18.2 Å². The molecule has 1 saturated heterocycles. The quantitative estimate of drug-likeness (QED) is 0.579. The Labute approximate surface area is 169 Å². The number of nitrogens with zero attached hydrogens (tertiary/aromatic N) is 1. The van der Waals surface area contributed by atoms with Crippen LogP contribution in [0.2, 0.25) is 0 Å². The van der Waals surface area contributed by atoms with Crippen LogP contribution in [0.15, 0.2) is 42.5 Å². The van der Waals surface area contributed by atoms with Crippen molar-refractivity contribution in [1.29, 1.82) is 5.26 Å². The summed E-state index contributed by atoms with van der Waals surface area (Å²) in [6, 6.07) is 14.5. The predicted octanol–water partition coefficient (Wildman–Crippen LogP) is 1.11. The van der Waals surface area contributed by atoms with Gasteiger partial charge < -0.3 is 25.2 Å².